The van der Waals surface area contributed by atoms with Gasteiger partial charge < -0.3 is 0 Å². The molecule has 1 aromatic carbocycles. The van der Waals surface area contributed by atoms with Crippen LogP contribution in [0.25, 0.3) is 22.0 Å². The monoisotopic (exact) mass is 409 g/mol. The van der Waals surface area contributed by atoms with E-state index in [0.717, 1.165) is 51.4 Å². The Morgan fingerprint density at radius 2 is 1.96 bits per heavy atom. The number of rotatable bonds is 6. The number of thiazole rings is 1. The average molecular weight is 410 g/mol. The Morgan fingerprint density at radius 3 is 2.71 bits per heavy atom. The van der Waals surface area contributed by atoms with Gasteiger partial charge in [-0.05, 0) is 49.2 Å². The molecule has 1 aliphatic carbocycles. The SMILES string of the molecule is Fc1ccc(-c2nc(CSc3nnc(-c4cccnc4)n3C3CC3)cs2)cc1. The van der Waals surface area contributed by atoms with Gasteiger partial charge in [-0.1, -0.05) is 11.8 Å². The Kier molecular flexibility index (Phi) is 4.66. The summed E-state index contributed by atoms with van der Waals surface area (Å²) in [7, 11) is 0. The Balaban J connectivity index is 1.35. The van der Waals surface area contributed by atoms with Crippen molar-refractivity contribution in [1.82, 2.24) is 24.7 Å². The number of benzene rings is 1. The van der Waals surface area contributed by atoms with Gasteiger partial charge in [0.1, 0.15) is 10.8 Å². The van der Waals surface area contributed by atoms with Crippen LogP contribution in [-0.4, -0.2) is 24.7 Å². The smallest absolute Gasteiger partial charge is 0.192 e. The van der Waals surface area contributed by atoms with Crippen LogP contribution in [0.1, 0.15) is 24.6 Å². The van der Waals surface area contributed by atoms with Crippen molar-refractivity contribution in [2.24, 2.45) is 0 Å². The number of thioether (sulfide) groups is 1. The molecular formula is C20H16FN5S2. The normalized spacial score (nSPS) is 13.8. The van der Waals surface area contributed by atoms with Crippen LogP contribution in [0.4, 0.5) is 4.39 Å². The fourth-order valence-corrected chi connectivity index (χ4v) is 4.80. The topological polar surface area (TPSA) is 56.5 Å². The maximum atomic E-state index is 13.1. The molecule has 3 aromatic heterocycles. The minimum atomic E-state index is -0.236. The molecule has 5 nitrogen and oxygen atoms in total. The zero-order valence-corrected chi connectivity index (χ0v) is 16.5. The number of nitrogens with zero attached hydrogens (tertiary/aromatic N) is 5. The van der Waals surface area contributed by atoms with Gasteiger partial charge in [0.15, 0.2) is 11.0 Å². The number of hydrogen-bond acceptors (Lipinski definition) is 6. The van der Waals surface area contributed by atoms with Crippen molar-refractivity contribution >= 4 is 23.1 Å². The summed E-state index contributed by atoms with van der Waals surface area (Å²) >= 11 is 3.22. The van der Waals surface area contributed by atoms with E-state index in [1.165, 1.54) is 12.1 Å². The van der Waals surface area contributed by atoms with Crippen LogP contribution < -0.4 is 0 Å². The highest BCUT2D eigenvalue weighted by molar-refractivity contribution is 7.98. The van der Waals surface area contributed by atoms with Crippen molar-refractivity contribution in [3.05, 3.63) is 65.7 Å². The van der Waals surface area contributed by atoms with E-state index in [9.17, 15) is 4.39 Å². The van der Waals surface area contributed by atoms with Crippen LogP contribution in [0, 0.1) is 5.82 Å². The lowest BCUT2D eigenvalue weighted by Crippen LogP contribution is -2.00. The van der Waals surface area contributed by atoms with Crippen LogP contribution in [0.3, 0.4) is 0 Å². The number of hydrogen-bond donors (Lipinski definition) is 0. The highest BCUT2D eigenvalue weighted by Crippen LogP contribution is 2.41. The number of pyridine rings is 1. The Hall–Kier alpha value is -2.58. The zero-order valence-electron chi connectivity index (χ0n) is 14.8. The second-order valence-electron chi connectivity index (χ2n) is 6.59. The first-order chi connectivity index (χ1) is 13.8. The van der Waals surface area contributed by atoms with E-state index in [2.05, 4.69) is 24.7 Å². The van der Waals surface area contributed by atoms with Crippen molar-refractivity contribution < 1.29 is 4.39 Å². The van der Waals surface area contributed by atoms with E-state index in [-0.39, 0.29) is 5.82 Å². The van der Waals surface area contributed by atoms with Crippen molar-refractivity contribution in [3.8, 4) is 22.0 Å². The maximum absolute atomic E-state index is 13.1. The fourth-order valence-electron chi connectivity index (χ4n) is 2.97. The van der Waals surface area contributed by atoms with E-state index in [4.69, 9.17) is 0 Å². The second-order valence-corrected chi connectivity index (χ2v) is 8.39. The highest BCUT2D eigenvalue weighted by Gasteiger charge is 2.30. The van der Waals surface area contributed by atoms with Gasteiger partial charge in [0.25, 0.3) is 0 Å². The summed E-state index contributed by atoms with van der Waals surface area (Å²) in [5.74, 6) is 1.36. The standard InChI is InChI=1S/C20H16FN5S2/c21-15-5-3-13(4-6-15)19-23-16(11-27-19)12-28-20-25-24-18(26(20)17-7-8-17)14-2-1-9-22-10-14/h1-6,9-11,17H,7-8,12H2. The van der Waals surface area contributed by atoms with Crippen molar-refractivity contribution in [1.29, 1.82) is 0 Å². The molecule has 0 saturated heterocycles. The molecule has 8 heteroatoms. The first-order valence-electron chi connectivity index (χ1n) is 8.96. The molecule has 0 unspecified atom stereocenters. The van der Waals surface area contributed by atoms with Crippen LogP contribution in [0.5, 0.6) is 0 Å². The molecule has 0 radical (unpaired) electrons. The molecule has 0 amide bonds. The third-order valence-electron chi connectivity index (χ3n) is 4.49. The summed E-state index contributed by atoms with van der Waals surface area (Å²) in [5, 5.41) is 12.7. The summed E-state index contributed by atoms with van der Waals surface area (Å²) in [6, 6.07) is 10.8. The highest BCUT2D eigenvalue weighted by atomic mass is 32.2. The van der Waals surface area contributed by atoms with Crippen LogP contribution in [0.2, 0.25) is 0 Å². The van der Waals surface area contributed by atoms with Crippen molar-refractivity contribution in [3.63, 3.8) is 0 Å². The van der Waals surface area contributed by atoms with Gasteiger partial charge in [0.05, 0.1) is 5.69 Å². The first kappa shape index (κ1) is 17.5. The molecule has 28 heavy (non-hydrogen) atoms. The van der Waals surface area contributed by atoms with Gasteiger partial charge in [-0.2, -0.15) is 0 Å². The van der Waals surface area contributed by atoms with Crippen LogP contribution in [-0.2, 0) is 5.75 Å². The third kappa shape index (κ3) is 3.57. The van der Waals surface area contributed by atoms with Crippen LogP contribution >= 0.6 is 23.1 Å². The zero-order chi connectivity index (χ0) is 18.9. The average Bonchev–Trinajstić information content (AvgIpc) is 3.30. The first-order valence-corrected chi connectivity index (χ1v) is 10.8. The van der Waals surface area contributed by atoms with E-state index < -0.39 is 0 Å². The molecular weight excluding hydrogens is 393 g/mol. The Morgan fingerprint density at radius 1 is 1.11 bits per heavy atom. The molecule has 4 aromatic rings. The molecule has 5 rings (SSSR count). The molecule has 0 spiro atoms. The quantitative estimate of drug-likeness (QED) is 0.408. The molecule has 0 aliphatic heterocycles. The van der Waals surface area contributed by atoms with Gasteiger partial charge >= 0.3 is 0 Å². The van der Waals surface area contributed by atoms with E-state index in [1.807, 2.05) is 23.7 Å². The lowest BCUT2D eigenvalue weighted by atomic mass is 10.2. The lowest BCUT2D eigenvalue weighted by Gasteiger charge is -2.08. The summed E-state index contributed by atoms with van der Waals surface area (Å²) in [4.78, 5) is 8.89. The molecule has 1 aliphatic rings. The molecule has 0 N–H and O–H groups in total. The van der Waals surface area contributed by atoms with E-state index in [1.54, 1.807) is 41.4 Å². The van der Waals surface area contributed by atoms with E-state index in [0.29, 0.717) is 6.04 Å². The van der Waals surface area contributed by atoms with Gasteiger partial charge in [-0.3, -0.25) is 9.55 Å². The summed E-state index contributed by atoms with van der Waals surface area (Å²) in [5.41, 5.74) is 2.91. The minimum absolute atomic E-state index is 0.236. The number of aromatic nitrogens is 5. The van der Waals surface area contributed by atoms with Crippen LogP contribution in [0.15, 0.2) is 59.3 Å². The lowest BCUT2D eigenvalue weighted by molar-refractivity contribution is 0.628. The molecule has 0 atom stereocenters. The maximum Gasteiger partial charge on any atom is 0.192 e. The predicted octanol–water partition coefficient (Wildman–Crippen LogP) is 5.23. The van der Waals surface area contributed by atoms with E-state index >= 15 is 0 Å². The van der Waals surface area contributed by atoms with Crippen molar-refractivity contribution in [2.75, 3.05) is 0 Å². The third-order valence-corrected chi connectivity index (χ3v) is 6.41. The second kappa shape index (κ2) is 7.44. The molecule has 3 heterocycles. The Bertz CT molecular complexity index is 1090. The van der Waals surface area contributed by atoms with Crippen molar-refractivity contribution in [2.45, 2.75) is 29.8 Å². The van der Waals surface area contributed by atoms with Gasteiger partial charge in [-0.25, -0.2) is 9.37 Å². The predicted molar refractivity (Wildman–Crippen MR) is 109 cm³/mol. The summed E-state index contributed by atoms with van der Waals surface area (Å²) in [6.45, 7) is 0. The summed E-state index contributed by atoms with van der Waals surface area (Å²) < 4.78 is 15.3. The number of halogens is 1. The largest absolute Gasteiger partial charge is 0.299 e. The molecule has 1 fully saturated rings. The van der Waals surface area contributed by atoms with Gasteiger partial charge in [-0.15, -0.1) is 21.5 Å². The molecule has 1 saturated carbocycles. The van der Waals surface area contributed by atoms with Gasteiger partial charge in [0, 0.05) is 40.7 Å². The molecule has 140 valence electrons. The Labute approximate surface area is 169 Å². The minimum Gasteiger partial charge on any atom is -0.299 e. The van der Waals surface area contributed by atoms with Gasteiger partial charge in [0.2, 0.25) is 0 Å². The fraction of sp³-hybridized carbons (Fsp3) is 0.200. The summed E-state index contributed by atoms with van der Waals surface area (Å²) in [6.07, 6.45) is 5.90. The molecule has 0 bridgehead atoms.